The van der Waals surface area contributed by atoms with E-state index in [2.05, 4.69) is 12.1 Å². The van der Waals surface area contributed by atoms with Gasteiger partial charge in [-0.3, -0.25) is 9.36 Å². The zero-order chi connectivity index (χ0) is 16.3. The Bertz CT molecular complexity index is 1130. The van der Waals surface area contributed by atoms with Crippen molar-refractivity contribution >= 4 is 28.4 Å². The van der Waals surface area contributed by atoms with Crippen molar-refractivity contribution in [2.45, 2.75) is 0 Å². The summed E-state index contributed by atoms with van der Waals surface area (Å²) in [7, 11) is 0. The van der Waals surface area contributed by atoms with Crippen molar-refractivity contribution in [3.05, 3.63) is 83.4 Å². The van der Waals surface area contributed by atoms with E-state index in [1.165, 1.54) is 0 Å². The van der Waals surface area contributed by atoms with Gasteiger partial charge in [-0.1, -0.05) is 60.1 Å². The number of carbonyl (C=O) groups excluding carboxylic acids is 1. The maximum atomic E-state index is 13.0. The Kier molecular flexibility index (Phi) is 2.73. The zero-order valence-electron chi connectivity index (χ0n) is 12.7. The first-order chi connectivity index (χ1) is 11.8. The fourth-order valence-corrected chi connectivity index (χ4v) is 3.80. The summed E-state index contributed by atoms with van der Waals surface area (Å²) in [5.41, 5.74) is 5.73. The minimum absolute atomic E-state index is 0.0232. The van der Waals surface area contributed by atoms with Gasteiger partial charge in [-0.05, 0) is 29.8 Å². The molecule has 0 atom stereocenters. The van der Waals surface area contributed by atoms with Crippen molar-refractivity contribution in [2.24, 2.45) is 0 Å². The molecule has 1 aliphatic rings. The molecule has 0 saturated heterocycles. The highest BCUT2D eigenvalue weighted by Gasteiger charge is 2.32. The van der Waals surface area contributed by atoms with E-state index in [4.69, 9.17) is 11.6 Å². The van der Waals surface area contributed by atoms with Gasteiger partial charge in [0.15, 0.2) is 0 Å². The summed E-state index contributed by atoms with van der Waals surface area (Å²) < 4.78 is 1.82. The highest BCUT2D eigenvalue weighted by Crippen LogP contribution is 2.46. The van der Waals surface area contributed by atoms with Gasteiger partial charge in [0.05, 0.1) is 11.2 Å². The summed E-state index contributed by atoms with van der Waals surface area (Å²) in [6, 6.07) is 23.7. The van der Waals surface area contributed by atoms with Crippen LogP contribution >= 0.6 is 11.6 Å². The number of hydrogen-bond acceptors (Lipinski definition) is 1. The molecular formula is C21H12ClNO. The Labute approximate surface area is 143 Å². The van der Waals surface area contributed by atoms with E-state index in [-0.39, 0.29) is 5.91 Å². The summed E-state index contributed by atoms with van der Waals surface area (Å²) in [5, 5.41) is 1.68. The van der Waals surface area contributed by atoms with Crippen LogP contribution in [0.4, 0.5) is 0 Å². The van der Waals surface area contributed by atoms with E-state index < -0.39 is 0 Å². The van der Waals surface area contributed by atoms with Gasteiger partial charge in [0.25, 0.3) is 5.91 Å². The number of aromatic nitrogens is 1. The number of halogens is 1. The largest absolute Gasteiger partial charge is 0.275 e. The molecule has 4 aromatic rings. The van der Waals surface area contributed by atoms with E-state index in [1.807, 2.05) is 65.2 Å². The van der Waals surface area contributed by atoms with Gasteiger partial charge < -0.3 is 0 Å². The average Bonchev–Trinajstić information content (AvgIpc) is 3.09. The Hall–Kier alpha value is -2.84. The van der Waals surface area contributed by atoms with Crippen LogP contribution in [0.5, 0.6) is 0 Å². The van der Waals surface area contributed by atoms with Gasteiger partial charge in [0, 0.05) is 27.1 Å². The predicted octanol–water partition coefficient (Wildman–Crippen LogP) is 5.63. The van der Waals surface area contributed by atoms with E-state index >= 15 is 0 Å². The fourth-order valence-electron chi connectivity index (χ4n) is 3.62. The SMILES string of the molecule is O=C1c2ccccc2-c2c(-c3ccccc3)c3cc(Cl)ccc3n21. The minimum atomic E-state index is 0.0232. The molecule has 0 radical (unpaired) electrons. The predicted molar refractivity (Wildman–Crippen MR) is 97.5 cm³/mol. The van der Waals surface area contributed by atoms with E-state index in [9.17, 15) is 4.79 Å². The first-order valence-electron chi connectivity index (χ1n) is 7.79. The minimum Gasteiger partial charge on any atom is -0.275 e. The lowest BCUT2D eigenvalue weighted by atomic mass is 9.97. The molecule has 0 unspecified atom stereocenters. The van der Waals surface area contributed by atoms with Crippen molar-refractivity contribution in [2.75, 3.05) is 0 Å². The lowest BCUT2D eigenvalue weighted by Gasteiger charge is -2.05. The molecule has 2 nitrogen and oxygen atoms in total. The van der Waals surface area contributed by atoms with Gasteiger partial charge in [-0.2, -0.15) is 0 Å². The van der Waals surface area contributed by atoms with Crippen LogP contribution in [0.15, 0.2) is 72.8 Å². The number of nitrogens with zero attached hydrogens (tertiary/aromatic N) is 1. The normalized spacial score (nSPS) is 12.5. The highest BCUT2D eigenvalue weighted by atomic mass is 35.5. The molecular weight excluding hydrogens is 318 g/mol. The average molecular weight is 330 g/mol. The molecule has 24 heavy (non-hydrogen) atoms. The molecule has 2 heterocycles. The Morgan fingerprint density at radius 3 is 2.29 bits per heavy atom. The third-order valence-corrected chi connectivity index (χ3v) is 4.84. The molecule has 114 valence electrons. The van der Waals surface area contributed by atoms with Crippen LogP contribution < -0.4 is 0 Å². The standard InChI is InChI=1S/C21H12ClNO/c22-14-10-11-18-17(12-14)19(13-6-2-1-3-7-13)20-15-8-4-5-9-16(15)21(24)23(18)20/h1-12H. The second-order valence-corrected chi connectivity index (χ2v) is 6.37. The Balaban J connectivity index is 2.00. The molecule has 0 amide bonds. The van der Waals surface area contributed by atoms with Crippen molar-refractivity contribution in [1.29, 1.82) is 0 Å². The number of benzene rings is 3. The second kappa shape index (κ2) is 4.83. The number of carbonyl (C=O) groups is 1. The monoisotopic (exact) mass is 329 g/mol. The third-order valence-electron chi connectivity index (χ3n) is 4.61. The summed E-state index contributed by atoms with van der Waals surface area (Å²) >= 11 is 6.24. The highest BCUT2D eigenvalue weighted by molar-refractivity contribution is 6.32. The molecule has 3 heteroatoms. The van der Waals surface area contributed by atoms with Crippen molar-refractivity contribution < 1.29 is 4.79 Å². The Morgan fingerprint density at radius 1 is 0.792 bits per heavy atom. The molecule has 1 aliphatic heterocycles. The number of rotatable bonds is 1. The van der Waals surface area contributed by atoms with Crippen LogP contribution in [-0.2, 0) is 0 Å². The topological polar surface area (TPSA) is 22.0 Å². The van der Waals surface area contributed by atoms with Gasteiger partial charge in [0.2, 0.25) is 0 Å². The third kappa shape index (κ3) is 1.69. The molecule has 0 saturated carbocycles. The maximum absolute atomic E-state index is 13.0. The lowest BCUT2D eigenvalue weighted by Crippen LogP contribution is -2.05. The zero-order valence-corrected chi connectivity index (χ0v) is 13.4. The van der Waals surface area contributed by atoms with Crippen LogP contribution in [0.3, 0.4) is 0 Å². The van der Waals surface area contributed by atoms with Gasteiger partial charge in [0.1, 0.15) is 0 Å². The smallest absolute Gasteiger partial charge is 0.263 e. The van der Waals surface area contributed by atoms with Crippen LogP contribution in [-0.4, -0.2) is 10.5 Å². The first-order valence-corrected chi connectivity index (χ1v) is 8.17. The molecule has 0 fully saturated rings. The fraction of sp³-hybridized carbons (Fsp3) is 0. The number of hydrogen-bond donors (Lipinski definition) is 0. The van der Waals surface area contributed by atoms with E-state index in [0.29, 0.717) is 5.02 Å². The lowest BCUT2D eigenvalue weighted by molar-refractivity contribution is 0.0974. The second-order valence-electron chi connectivity index (χ2n) is 5.94. The maximum Gasteiger partial charge on any atom is 0.263 e. The molecule has 5 rings (SSSR count). The molecule has 0 bridgehead atoms. The van der Waals surface area contributed by atoms with Gasteiger partial charge in [-0.25, -0.2) is 0 Å². The van der Waals surface area contributed by atoms with Crippen molar-refractivity contribution in [1.82, 2.24) is 4.57 Å². The van der Waals surface area contributed by atoms with Crippen LogP contribution in [0.25, 0.3) is 33.3 Å². The Morgan fingerprint density at radius 2 is 1.50 bits per heavy atom. The van der Waals surface area contributed by atoms with E-state index in [0.717, 1.165) is 38.9 Å². The summed E-state index contributed by atoms with van der Waals surface area (Å²) in [5.74, 6) is 0.0232. The molecule has 3 aromatic carbocycles. The molecule has 0 aliphatic carbocycles. The van der Waals surface area contributed by atoms with Gasteiger partial charge in [-0.15, -0.1) is 0 Å². The number of fused-ring (bicyclic) bond motifs is 5. The molecule has 1 aromatic heterocycles. The van der Waals surface area contributed by atoms with Crippen LogP contribution in [0.2, 0.25) is 5.02 Å². The van der Waals surface area contributed by atoms with Crippen molar-refractivity contribution in [3.63, 3.8) is 0 Å². The van der Waals surface area contributed by atoms with E-state index in [1.54, 1.807) is 0 Å². The summed E-state index contributed by atoms with van der Waals surface area (Å²) in [4.78, 5) is 13.0. The summed E-state index contributed by atoms with van der Waals surface area (Å²) in [6.07, 6.45) is 0. The first kappa shape index (κ1) is 13.6. The molecule has 0 spiro atoms. The summed E-state index contributed by atoms with van der Waals surface area (Å²) in [6.45, 7) is 0. The van der Waals surface area contributed by atoms with Crippen molar-refractivity contribution in [3.8, 4) is 22.4 Å². The molecule has 0 N–H and O–H groups in total. The van der Waals surface area contributed by atoms with Crippen LogP contribution in [0.1, 0.15) is 10.4 Å². The quantitative estimate of drug-likeness (QED) is 0.390. The van der Waals surface area contributed by atoms with Gasteiger partial charge >= 0.3 is 0 Å². The van der Waals surface area contributed by atoms with Crippen LogP contribution in [0, 0.1) is 0 Å².